The number of benzene rings is 1. The summed E-state index contributed by atoms with van der Waals surface area (Å²) in [5.41, 5.74) is 3.32. The van der Waals surface area contributed by atoms with Crippen molar-refractivity contribution in [1.29, 1.82) is 0 Å². The number of nitrogens with zero attached hydrogens (tertiary/aromatic N) is 2. The lowest BCUT2D eigenvalue weighted by atomic mass is 10.0. The molecule has 1 heterocycles. The monoisotopic (exact) mass is 339 g/mol. The Labute approximate surface area is 127 Å². The Balaban J connectivity index is 2.23. The van der Waals surface area contributed by atoms with Crippen LogP contribution in [-0.2, 0) is 19.9 Å². The molecule has 5 heteroatoms. The molecule has 1 aromatic heterocycles. The number of rotatable bonds is 5. The highest BCUT2D eigenvalue weighted by molar-refractivity contribution is 9.10. The lowest BCUT2D eigenvalue weighted by Crippen LogP contribution is -2.20. The number of likely N-dealkylation sites (N-methyl/N-ethyl adjacent to an activating group) is 1. The summed E-state index contributed by atoms with van der Waals surface area (Å²) < 4.78 is 15.7. The van der Waals surface area contributed by atoms with E-state index in [2.05, 4.69) is 39.3 Å². The first-order valence-electron chi connectivity index (χ1n) is 6.69. The SMILES string of the molecule is CCc1cc(CC(NC)c2ccc(F)c(Br)c2)n(C)n1. The van der Waals surface area contributed by atoms with E-state index in [-0.39, 0.29) is 11.9 Å². The molecular weight excluding hydrogens is 321 g/mol. The van der Waals surface area contributed by atoms with Gasteiger partial charge in [0.15, 0.2) is 0 Å². The van der Waals surface area contributed by atoms with Crippen LogP contribution in [0.5, 0.6) is 0 Å². The number of hydrogen-bond donors (Lipinski definition) is 1. The van der Waals surface area contributed by atoms with Crippen LogP contribution in [0.4, 0.5) is 4.39 Å². The van der Waals surface area contributed by atoms with Crippen molar-refractivity contribution in [3.05, 3.63) is 51.5 Å². The van der Waals surface area contributed by atoms with E-state index in [1.807, 2.05) is 30.9 Å². The molecule has 1 unspecified atom stereocenters. The minimum Gasteiger partial charge on any atom is -0.313 e. The maximum atomic E-state index is 13.3. The molecule has 20 heavy (non-hydrogen) atoms. The van der Waals surface area contributed by atoms with Gasteiger partial charge in [0.2, 0.25) is 0 Å². The molecule has 0 aliphatic rings. The quantitative estimate of drug-likeness (QED) is 0.904. The van der Waals surface area contributed by atoms with Gasteiger partial charge in [-0.15, -0.1) is 0 Å². The highest BCUT2D eigenvalue weighted by Crippen LogP contribution is 2.24. The van der Waals surface area contributed by atoms with Crippen molar-refractivity contribution < 1.29 is 4.39 Å². The van der Waals surface area contributed by atoms with E-state index in [4.69, 9.17) is 0 Å². The molecule has 0 radical (unpaired) electrons. The average molecular weight is 340 g/mol. The van der Waals surface area contributed by atoms with Crippen LogP contribution < -0.4 is 5.32 Å². The van der Waals surface area contributed by atoms with E-state index in [9.17, 15) is 4.39 Å². The molecule has 1 atom stereocenters. The third kappa shape index (κ3) is 3.27. The van der Waals surface area contributed by atoms with E-state index in [0.29, 0.717) is 4.47 Å². The first-order valence-corrected chi connectivity index (χ1v) is 7.48. The highest BCUT2D eigenvalue weighted by Gasteiger charge is 2.14. The second-order valence-electron chi connectivity index (χ2n) is 4.82. The van der Waals surface area contributed by atoms with Crippen molar-refractivity contribution in [2.24, 2.45) is 7.05 Å². The van der Waals surface area contributed by atoms with Crippen LogP contribution in [0.1, 0.15) is 29.9 Å². The fourth-order valence-electron chi connectivity index (χ4n) is 2.26. The number of hydrogen-bond acceptors (Lipinski definition) is 2. The van der Waals surface area contributed by atoms with Crippen LogP contribution in [0.15, 0.2) is 28.7 Å². The number of aryl methyl sites for hydroxylation is 2. The zero-order valence-electron chi connectivity index (χ0n) is 12.0. The van der Waals surface area contributed by atoms with Gasteiger partial charge in [-0.3, -0.25) is 4.68 Å². The second-order valence-corrected chi connectivity index (χ2v) is 5.68. The maximum absolute atomic E-state index is 13.3. The van der Waals surface area contributed by atoms with Crippen LogP contribution in [0.25, 0.3) is 0 Å². The zero-order valence-corrected chi connectivity index (χ0v) is 13.5. The molecule has 1 aromatic carbocycles. The summed E-state index contributed by atoms with van der Waals surface area (Å²) in [6.07, 6.45) is 1.75. The summed E-state index contributed by atoms with van der Waals surface area (Å²) in [7, 11) is 3.88. The summed E-state index contributed by atoms with van der Waals surface area (Å²) in [6, 6.07) is 7.39. The molecule has 0 spiro atoms. The molecule has 0 aliphatic carbocycles. The summed E-state index contributed by atoms with van der Waals surface area (Å²) >= 11 is 3.24. The van der Waals surface area contributed by atoms with Gasteiger partial charge < -0.3 is 5.32 Å². The van der Waals surface area contributed by atoms with Crippen molar-refractivity contribution in [2.45, 2.75) is 25.8 Å². The largest absolute Gasteiger partial charge is 0.313 e. The summed E-state index contributed by atoms with van der Waals surface area (Å²) in [5.74, 6) is -0.239. The van der Waals surface area contributed by atoms with Crippen molar-refractivity contribution in [2.75, 3.05) is 7.05 Å². The van der Waals surface area contributed by atoms with Gasteiger partial charge in [0.25, 0.3) is 0 Å². The van der Waals surface area contributed by atoms with E-state index < -0.39 is 0 Å². The smallest absolute Gasteiger partial charge is 0.137 e. The molecule has 3 nitrogen and oxygen atoms in total. The Kier molecular flexibility index (Phi) is 4.94. The molecule has 108 valence electrons. The van der Waals surface area contributed by atoms with Gasteiger partial charge in [0.1, 0.15) is 5.82 Å². The van der Waals surface area contributed by atoms with Gasteiger partial charge in [0.05, 0.1) is 10.2 Å². The fraction of sp³-hybridized carbons (Fsp3) is 0.400. The molecule has 0 bridgehead atoms. The lowest BCUT2D eigenvalue weighted by Gasteiger charge is -2.17. The number of nitrogens with one attached hydrogen (secondary N) is 1. The molecule has 0 aliphatic heterocycles. The predicted molar refractivity (Wildman–Crippen MR) is 82.2 cm³/mol. The fourth-order valence-corrected chi connectivity index (χ4v) is 2.66. The average Bonchev–Trinajstić information content (AvgIpc) is 2.80. The molecular formula is C15H19BrFN3. The van der Waals surface area contributed by atoms with Crippen LogP contribution >= 0.6 is 15.9 Å². The minimum atomic E-state index is -0.239. The van der Waals surface area contributed by atoms with Gasteiger partial charge in [-0.25, -0.2) is 4.39 Å². The third-order valence-electron chi connectivity index (χ3n) is 3.50. The molecule has 0 amide bonds. The summed E-state index contributed by atoms with van der Waals surface area (Å²) in [5, 5.41) is 7.75. The Hall–Kier alpha value is -1.20. The summed E-state index contributed by atoms with van der Waals surface area (Å²) in [4.78, 5) is 0. The minimum absolute atomic E-state index is 0.131. The number of halogens is 2. The molecule has 2 rings (SSSR count). The Morgan fingerprint density at radius 2 is 2.15 bits per heavy atom. The normalized spacial score (nSPS) is 12.7. The standard InChI is InChI=1S/C15H19BrFN3/c1-4-11-8-12(20(3)19-11)9-15(18-2)10-5-6-14(17)13(16)7-10/h5-8,15,18H,4,9H2,1-3H3. The molecule has 0 fully saturated rings. The number of aromatic nitrogens is 2. The van der Waals surface area contributed by atoms with Gasteiger partial charge in [-0.1, -0.05) is 13.0 Å². The Morgan fingerprint density at radius 3 is 2.70 bits per heavy atom. The van der Waals surface area contributed by atoms with E-state index in [1.165, 1.54) is 11.8 Å². The van der Waals surface area contributed by atoms with Crippen molar-refractivity contribution in [3.8, 4) is 0 Å². The van der Waals surface area contributed by atoms with Gasteiger partial charge >= 0.3 is 0 Å². The molecule has 0 saturated carbocycles. The second kappa shape index (κ2) is 6.50. The van der Waals surface area contributed by atoms with E-state index in [0.717, 1.165) is 24.1 Å². The first kappa shape index (κ1) is 15.2. The molecule has 0 saturated heterocycles. The Morgan fingerprint density at radius 1 is 1.40 bits per heavy atom. The van der Waals surface area contributed by atoms with Crippen molar-refractivity contribution >= 4 is 15.9 Å². The highest BCUT2D eigenvalue weighted by atomic mass is 79.9. The zero-order chi connectivity index (χ0) is 14.7. The first-order chi connectivity index (χ1) is 9.55. The van der Waals surface area contributed by atoms with Crippen LogP contribution in [-0.4, -0.2) is 16.8 Å². The molecule has 2 aromatic rings. The van der Waals surface area contributed by atoms with Gasteiger partial charge in [-0.2, -0.15) is 5.10 Å². The van der Waals surface area contributed by atoms with Gasteiger partial charge in [0, 0.05) is 25.2 Å². The summed E-state index contributed by atoms with van der Waals surface area (Å²) in [6.45, 7) is 2.10. The van der Waals surface area contributed by atoms with Crippen LogP contribution in [0, 0.1) is 5.82 Å². The third-order valence-corrected chi connectivity index (χ3v) is 4.11. The van der Waals surface area contributed by atoms with Crippen molar-refractivity contribution in [1.82, 2.24) is 15.1 Å². The van der Waals surface area contributed by atoms with E-state index >= 15 is 0 Å². The molecule has 1 N–H and O–H groups in total. The van der Waals surface area contributed by atoms with Crippen LogP contribution in [0.3, 0.4) is 0 Å². The maximum Gasteiger partial charge on any atom is 0.137 e. The lowest BCUT2D eigenvalue weighted by molar-refractivity contribution is 0.557. The predicted octanol–water partition coefficient (Wildman–Crippen LogP) is 3.39. The van der Waals surface area contributed by atoms with Gasteiger partial charge in [-0.05, 0) is 53.2 Å². The van der Waals surface area contributed by atoms with Crippen LogP contribution in [0.2, 0.25) is 0 Å². The topological polar surface area (TPSA) is 29.9 Å². The van der Waals surface area contributed by atoms with E-state index in [1.54, 1.807) is 0 Å². The Bertz CT molecular complexity index is 595. The van der Waals surface area contributed by atoms with Crippen molar-refractivity contribution in [3.63, 3.8) is 0 Å².